The Labute approximate surface area is 89.7 Å². The predicted octanol–water partition coefficient (Wildman–Crippen LogP) is 2.18. The van der Waals surface area contributed by atoms with Crippen LogP contribution in [0.5, 0.6) is 0 Å². The molecule has 1 N–H and O–H groups in total. The topological polar surface area (TPSA) is 29.1 Å². The van der Waals surface area contributed by atoms with Crippen LogP contribution >= 0.6 is 0 Å². The summed E-state index contributed by atoms with van der Waals surface area (Å²) in [6.45, 7) is 0.845. The molecule has 0 amide bonds. The molecule has 1 aromatic rings. The molecule has 2 rings (SSSR count). The first-order chi connectivity index (χ1) is 7.33. The molecule has 0 aliphatic carbocycles. The summed E-state index contributed by atoms with van der Waals surface area (Å²) >= 11 is 0. The van der Waals surface area contributed by atoms with Gasteiger partial charge in [0.15, 0.2) is 5.78 Å². The van der Waals surface area contributed by atoms with Crippen LogP contribution in [0.4, 0.5) is 5.69 Å². The van der Waals surface area contributed by atoms with Gasteiger partial charge in [0, 0.05) is 18.2 Å². The lowest BCUT2D eigenvalue weighted by Crippen LogP contribution is -2.22. The maximum absolute atomic E-state index is 11.8. The van der Waals surface area contributed by atoms with E-state index >= 15 is 0 Å². The van der Waals surface area contributed by atoms with Crippen LogP contribution in [0.2, 0.25) is 0 Å². The number of hydrogen-bond acceptors (Lipinski definition) is 2. The van der Waals surface area contributed by atoms with Gasteiger partial charge in [0.1, 0.15) is 0 Å². The van der Waals surface area contributed by atoms with E-state index in [2.05, 4.69) is 11.2 Å². The monoisotopic (exact) mass is 199 g/mol. The van der Waals surface area contributed by atoms with Crippen molar-refractivity contribution in [2.45, 2.75) is 18.8 Å². The van der Waals surface area contributed by atoms with Gasteiger partial charge in [0.05, 0.1) is 6.42 Å². The van der Waals surface area contributed by atoms with Crippen LogP contribution < -0.4 is 5.32 Å². The van der Waals surface area contributed by atoms with Crippen LogP contribution in [0.25, 0.3) is 0 Å². The second kappa shape index (κ2) is 4.18. The third-order valence-electron chi connectivity index (χ3n) is 2.75. The Morgan fingerprint density at radius 3 is 3.13 bits per heavy atom. The molecule has 1 atom stereocenters. The Bertz CT molecular complexity index is 417. The zero-order valence-corrected chi connectivity index (χ0v) is 8.49. The molecule has 1 aromatic carbocycles. The van der Waals surface area contributed by atoms with Gasteiger partial charge in [-0.05, 0) is 18.1 Å². The Balaban J connectivity index is 2.30. The summed E-state index contributed by atoms with van der Waals surface area (Å²) in [6, 6.07) is 7.94. The van der Waals surface area contributed by atoms with Crippen molar-refractivity contribution in [3.05, 3.63) is 29.8 Å². The molecule has 0 saturated heterocycles. The first-order valence-electron chi connectivity index (χ1n) is 5.12. The second-order valence-electron chi connectivity index (χ2n) is 3.70. The predicted molar refractivity (Wildman–Crippen MR) is 60.7 cm³/mol. The SMILES string of the molecule is C#CCC(=O)C1CCNc2ccccc21. The third-order valence-corrected chi connectivity index (χ3v) is 2.75. The van der Waals surface area contributed by atoms with Crippen LogP contribution in [-0.2, 0) is 4.79 Å². The average Bonchev–Trinajstić information content (AvgIpc) is 2.28. The number of para-hydroxylation sites is 1. The van der Waals surface area contributed by atoms with E-state index < -0.39 is 0 Å². The maximum atomic E-state index is 11.8. The third kappa shape index (κ3) is 1.87. The Kier molecular flexibility index (Phi) is 2.73. The molecule has 15 heavy (non-hydrogen) atoms. The highest BCUT2D eigenvalue weighted by Gasteiger charge is 2.24. The van der Waals surface area contributed by atoms with Gasteiger partial charge in [-0.3, -0.25) is 4.79 Å². The zero-order valence-electron chi connectivity index (χ0n) is 8.49. The fraction of sp³-hybridized carbons (Fsp3) is 0.308. The van der Waals surface area contributed by atoms with Crippen molar-refractivity contribution in [3.8, 4) is 12.3 Å². The van der Waals surface area contributed by atoms with E-state index in [0.29, 0.717) is 0 Å². The van der Waals surface area contributed by atoms with Crippen molar-refractivity contribution in [1.82, 2.24) is 0 Å². The van der Waals surface area contributed by atoms with Gasteiger partial charge in [-0.1, -0.05) is 24.1 Å². The number of hydrogen-bond donors (Lipinski definition) is 1. The lowest BCUT2D eigenvalue weighted by Gasteiger charge is -2.25. The van der Waals surface area contributed by atoms with Crippen molar-refractivity contribution in [3.63, 3.8) is 0 Å². The van der Waals surface area contributed by atoms with Gasteiger partial charge < -0.3 is 5.32 Å². The minimum atomic E-state index is -0.0153. The van der Waals surface area contributed by atoms with E-state index in [1.54, 1.807) is 0 Å². The largest absolute Gasteiger partial charge is 0.385 e. The molecule has 0 saturated carbocycles. The fourth-order valence-electron chi connectivity index (χ4n) is 2.03. The number of ketones is 1. The van der Waals surface area contributed by atoms with Gasteiger partial charge in [-0.15, -0.1) is 6.42 Å². The lowest BCUT2D eigenvalue weighted by atomic mass is 9.86. The number of carbonyl (C=O) groups excluding carboxylic acids is 1. The molecule has 0 fully saturated rings. The molecular weight excluding hydrogens is 186 g/mol. The molecule has 1 aliphatic heterocycles. The minimum Gasteiger partial charge on any atom is -0.385 e. The number of Topliss-reactive ketones (excluding diaryl/α,β-unsaturated/α-hetero) is 1. The quantitative estimate of drug-likeness (QED) is 0.740. The summed E-state index contributed by atoms with van der Waals surface area (Å²) in [6.07, 6.45) is 6.25. The molecule has 1 aliphatic rings. The van der Waals surface area contributed by atoms with E-state index in [-0.39, 0.29) is 18.1 Å². The fourth-order valence-corrected chi connectivity index (χ4v) is 2.03. The molecule has 1 heterocycles. The van der Waals surface area contributed by atoms with Gasteiger partial charge in [-0.2, -0.15) is 0 Å². The Morgan fingerprint density at radius 2 is 2.33 bits per heavy atom. The molecule has 1 unspecified atom stereocenters. The van der Waals surface area contributed by atoms with Crippen LogP contribution in [0.3, 0.4) is 0 Å². The normalized spacial score (nSPS) is 18.5. The van der Waals surface area contributed by atoms with Gasteiger partial charge in [0.2, 0.25) is 0 Å². The number of rotatable bonds is 2. The standard InChI is InChI=1S/C13H13NO/c1-2-5-13(15)11-8-9-14-12-7-4-3-6-10(11)12/h1,3-4,6-7,11,14H,5,8-9H2. The van der Waals surface area contributed by atoms with E-state index in [1.807, 2.05) is 24.3 Å². The van der Waals surface area contributed by atoms with Crippen LogP contribution in [0.1, 0.15) is 24.3 Å². The first-order valence-corrected chi connectivity index (χ1v) is 5.12. The number of fused-ring (bicyclic) bond motifs is 1. The van der Waals surface area contributed by atoms with Crippen LogP contribution in [0.15, 0.2) is 24.3 Å². The summed E-state index contributed by atoms with van der Waals surface area (Å²) < 4.78 is 0. The van der Waals surface area contributed by atoms with E-state index in [4.69, 9.17) is 6.42 Å². The summed E-state index contributed by atoms with van der Waals surface area (Å²) in [4.78, 5) is 11.8. The van der Waals surface area contributed by atoms with Crippen molar-refractivity contribution >= 4 is 11.5 Å². The van der Waals surface area contributed by atoms with Crippen molar-refractivity contribution in [2.24, 2.45) is 0 Å². The van der Waals surface area contributed by atoms with Crippen molar-refractivity contribution in [1.29, 1.82) is 0 Å². The number of carbonyl (C=O) groups is 1. The summed E-state index contributed by atoms with van der Waals surface area (Å²) in [7, 11) is 0. The molecule has 2 heteroatoms. The van der Waals surface area contributed by atoms with E-state index in [0.717, 1.165) is 24.2 Å². The summed E-state index contributed by atoms with van der Waals surface area (Å²) in [5.74, 6) is 2.57. The van der Waals surface area contributed by atoms with Gasteiger partial charge >= 0.3 is 0 Å². The molecular formula is C13H13NO. The lowest BCUT2D eigenvalue weighted by molar-refractivity contribution is -0.119. The van der Waals surface area contributed by atoms with Crippen LogP contribution in [0, 0.1) is 12.3 Å². The zero-order chi connectivity index (χ0) is 10.7. The van der Waals surface area contributed by atoms with Gasteiger partial charge in [-0.25, -0.2) is 0 Å². The smallest absolute Gasteiger partial charge is 0.152 e. The average molecular weight is 199 g/mol. The van der Waals surface area contributed by atoms with Crippen LogP contribution in [-0.4, -0.2) is 12.3 Å². The molecule has 0 bridgehead atoms. The highest BCUT2D eigenvalue weighted by Crippen LogP contribution is 2.32. The van der Waals surface area contributed by atoms with E-state index in [1.165, 1.54) is 0 Å². The molecule has 76 valence electrons. The minimum absolute atomic E-state index is 0.0153. The Hall–Kier alpha value is -1.75. The number of anilines is 1. The first kappa shape index (κ1) is 9.79. The summed E-state index contributed by atoms with van der Waals surface area (Å²) in [5, 5.41) is 3.29. The molecule has 0 aromatic heterocycles. The Morgan fingerprint density at radius 1 is 1.53 bits per heavy atom. The number of terminal acetylenes is 1. The summed E-state index contributed by atoms with van der Waals surface area (Å²) in [5.41, 5.74) is 2.16. The molecule has 0 spiro atoms. The number of nitrogens with one attached hydrogen (secondary N) is 1. The number of benzene rings is 1. The van der Waals surface area contributed by atoms with Gasteiger partial charge in [0.25, 0.3) is 0 Å². The highest BCUT2D eigenvalue weighted by molar-refractivity contribution is 5.89. The van der Waals surface area contributed by atoms with Crippen molar-refractivity contribution in [2.75, 3.05) is 11.9 Å². The maximum Gasteiger partial charge on any atom is 0.152 e. The second-order valence-corrected chi connectivity index (χ2v) is 3.70. The van der Waals surface area contributed by atoms with Crippen molar-refractivity contribution < 1.29 is 4.79 Å². The molecule has 0 radical (unpaired) electrons. The highest BCUT2D eigenvalue weighted by atomic mass is 16.1. The molecule has 2 nitrogen and oxygen atoms in total. The van der Waals surface area contributed by atoms with E-state index in [9.17, 15) is 4.79 Å².